The molecular weight excluding hydrogens is 995 g/mol. The van der Waals surface area contributed by atoms with Gasteiger partial charge >= 0.3 is 5.97 Å². The number of nitrogens with zero attached hydrogens (tertiary/aromatic N) is 8. The van der Waals surface area contributed by atoms with E-state index in [1.807, 2.05) is 11.1 Å². The molecule has 1 unspecified atom stereocenters. The van der Waals surface area contributed by atoms with Crippen LogP contribution in [0.5, 0.6) is 0 Å². The number of piperazine rings is 1. The number of morpholine rings is 1. The number of ether oxygens (including phenoxy) is 3. The minimum absolute atomic E-state index is 0.0372. The van der Waals surface area contributed by atoms with Gasteiger partial charge in [0.15, 0.2) is 0 Å². The van der Waals surface area contributed by atoms with Gasteiger partial charge in [-0.15, -0.1) is 11.3 Å². The molecule has 0 radical (unpaired) electrons. The summed E-state index contributed by atoms with van der Waals surface area (Å²) in [6.07, 6.45) is 9.56. The summed E-state index contributed by atoms with van der Waals surface area (Å²) in [5.74, 6) is -0.456. The van der Waals surface area contributed by atoms with E-state index >= 15 is 9.59 Å². The Balaban J connectivity index is 0.893. The van der Waals surface area contributed by atoms with Crippen molar-refractivity contribution in [3.05, 3.63) is 52.1 Å². The fraction of sp³-hybridized carbons (Fsp3) is 0.655. The first kappa shape index (κ1) is 52.7. The summed E-state index contributed by atoms with van der Waals surface area (Å²) in [4.78, 5) is 77.4. The molecule has 1 aromatic carbocycles. The SMILES string of the molecule is CCn1c(-c2cc(N3CCN4CCOC[C@@H]4C3)cnc2[C@H](C)OC)c2c3cc(ccc31)-c1csc(n1)C[C@H](NC(=O)C(C1CCCC1)N1CC[C@]3(CCN(C(=O)[C@H]4CN4)C3)C1)C(=O)N1CCC[C@H](N1)C(=O)OCC(C)(C)C2. The summed E-state index contributed by atoms with van der Waals surface area (Å²) in [7, 11) is 1.74. The summed E-state index contributed by atoms with van der Waals surface area (Å²) < 4.78 is 20.7. The molecule has 3 N–H and O–H groups in total. The predicted molar refractivity (Wildman–Crippen MR) is 295 cm³/mol. The van der Waals surface area contributed by atoms with Gasteiger partial charge in [-0.25, -0.2) is 10.4 Å². The number of carbonyl (C=O) groups is 4. The molecule has 3 amide bonds. The highest BCUT2D eigenvalue weighted by Crippen LogP contribution is 2.45. The fourth-order valence-corrected chi connectivity index (χ4v) is 14.9. The van der Waals surface area contributed by atoms with Crippen molar-refractivity contribution in [2.24, 2.45) is 16.7 Å². The summed E-state index contributed by atoms with van der Waals surface area (Å²) in [6.45, 7) is 18.8. The molecule has 10 heterocycles. The number of carbonyl (C=O) groups excluding carboxylic acids is 4. The molecular formula is C58H79N11O7S. The van der Waals surface area contributed by atoms with E-state index in [0.717, 1.165) is 166 Å². The van der Waals surface area contributed by atoms with Gasteiger partial charge in [0, 0.05) is 117 Å². The zero-order chi connectivity index (χ0) is 53.2. The number of benzene rings is 1. The molecule has 8 aliphatic rings. The number of fused-ring (bicyclic) bond motifs is 7. The molecule has 7 aliphatic heterocycles. The normalized spacial score (nSPS) is 28.2. The van der Waals surface area contributed by atoms with Crippen LogP contribution in [-0.2, 0) is 52.8 Å². The molecule has 19 heteroatoms. The van der Waals surface area contributed by atoms with Crippen molar-refractivity contribution in [3.63, 3.8) is 0 Å². The third-order valence-corrected chi connectivity index (χ3v) is 19.3. The maximum absolute atomic E-state index is 15.1. The van der Waals surface area contributed by atoms with Crippen LogP contribution in [0.25, 0.3) is 33.4 Å². The number of aromatic nitrogens is 3. The number of likely N-dealkylation sites (tertiary alicyclic amines) is 2. The maximum atomic E-state index is 15.1. The van der Waals surface area contributed by atoms with E-state index < -0.39 is 29.5 Å². The number of hydrogen-bond acceptors (Lipinski definition) is 15. The summed E-state index contributed by atoms with van der Waals surface area (Å²) in [5, 5.41) is 12.0. The van der Waals surface area contributed by atoms with E-state index in [0.29, 0.717) is 38.4 Å². The number of hydrogen-bond donors (Lipinski definition) is 3. The molecule has 3 aromatic heterocycles. The van der Waals surface area contributed by atoms with E-state index in [4.69, 9.17) is 24.2 Å². The summed E-state index contributed by atoms with van der Waals surface area (Å²) in [6, 6.07) is 7.13. The van der Waals surface area contributed by atoms with Crippen molar-refractivity contribution in [2.75, 3.05) is 97.3 Å². The monoisotopic (exact) mass is 1070 g/mol. The number of methoxy groups -OCH3 is 1. The Morgan fingerprint density at radius 1 is 1.01 bits per heavy atom. The van der Waals surface area contributed by atoms with Crippen LogP contribution in [0.3, 0.4) is 0 Å². The predicted octanol–water partition coefficient (Wildman–Crippen LogP) is 5.18. The van der Waals surface area contributed by atoms with Gasteiger partial charge in [0.1, 0.15) is 12.1 Å². The van der Waals surface area contributed by atoms with Crippen molar-refractivity contribution >= 4 is 51.6 Å². The Hall–Kier alpha value is -5.02. The molecule has 77 heavy (non-hydrogen) atoms. The second-order valence-corrected chi connectivity index (χ2v) is 25.3. The molecule has 4 aromatic rings. The zero-order valence-corrected chi connectivity index (χ0v) is 46.6. The highest BCUT2D eigenvalue weighted by Gasteiger charge is 2.50. The van der Waals surface area contributed by atoms with Crippen molar-refractivity contribution in [1.29, 1.82) is 0 Å². The Morgan fingerprint density at radius 2 is 1.84 bits per heavy atom. The van der Waals surface area contributed by atoms with Gasteiger partial charge in [0.2, 0.25) is 11.8 Å². The lowest BCUT2D eigenvalue weighted by Crippen LogP contribution is -2.62. The van der Waals surface area contributed by atoms with E-state index in [9.17, 15) is 9.59 Å². The number of rotatable bonds is 10. The van der Waals surface area contributed by atoms with Gasteiger partial charge < -0.3 is 39.2 Å². The number of esters is 1. The van der Waals surface area contributed by atoms with Gasteiger partial charge in [-0.2, -0.15) is 0 Å². The van der Waals surface area contributed by atoms with Gasteiger partial charge in [0.05, 0.1) is 78.0 Å². The number of anilines is 1. The van der Waals surface area contributed by atoms with E-state index in [2.05, 4.69) is 92.7 Å². The first-order valence-electron chi connectivity index (χ1n) is 28.8. The molecule has 7 atom stereocenters. The minimum Gasteiger partial charge on any atom is -0.464 e. The molecule has 1 saturated carbocycles. The summed E-state index contributed by atoms with van der Waals surface area (Å²) in [5.41, 5.74) is 10.7. The second-order valence-electron chi connectivity index (χ2n) is 24.4. The number of hydrazine groups is 1. The fourth-order valence-electron chi connectivity index (χ4n) is 14.1. The molecule has 18 nitrogen and oxygen atoms in total. The minimum atomic E-state index is -0.934. The lowest BCUT2D eigenvalue weighted by molar-refractivity contribution is -0.155. The maximum Gasteiger partial charge on any atom is 0.324 e. The van der Waals surface area contributed by atoms with Crippen LogP contribution < -0.4 is 21.0 Å². The third-order valence-electron chi connectivity index (χ3n) is 18.5. The molecule has 6 bridgehead atoms. The lowest BCUT2D eigenvalue weighted by Gasteiger charge is -2.44. The van der Waals surface area contributed by atoms with Crippen LogP contribution in [0.15, 0.2) is 35.8 Å². The van der Waals surface area contributed by atoms with Crippen LogP contribution >= 0.6 is 11.3 Å². The number of aryl methyl sites for hydroxylation is 1. The van der Waals surface area contributed by atoms with E-state index in [1.165, 1.54) is 11.3 Å². The van der Waals surface area contributed by atoms with Gasteiger partial charge in [0.25, 0.3) is 5.91 Å². The number of amides is 3. The number of cyclic esters (lactones) is 1. The van der Waals surface area contributed by atoms with Gasteiger partial charge in [-0.1, -0.05) is 32.8 Å². The molecule has 414 valence electrons. The topological polar surface area (TPSA) is 189 Å². The quantitative estimate of drug-likeness (QED) is 0.139. The standard InChI is InChI=1S/C58H79N11O7S/c1-6-68-48-14-13-38-24-41(48)43(52(68)42-25-39(28-60-50(42)36(2)74-5)65-21-20-64-22-23-75-31-40(64)30-65)27-57(3,4)35-76-56(73)44-12-9-17-69(63-44)55(72)45(26-49-61-47(38)32-77-49)62-53(70)51(37-10-7-8-11-37)66-18-15-58(33-66)16-19-67(34-58)54(71)46-29-59-46/h13-14,24-25,28,32,36-37,40,44-46,51,59,63H,6-12,15-23,26-27,29-31,33-35H2,1-5H3,(H,62,70)/t36-,40-,44-,45-,46+,51?,58-/m0/s1. The average molecular weight is 1070 g/mol. The molecule has 6 saturated heterocycles. The zero-order valence-electron chi connectivity index (χ0n) is 45.8. The van der Waals surface area contributed by atoms with E-state index in [1.54, 1.807) is 12.1 Å². The Kier molecular flexibility index (Phi) is 14.7. The average Bonchev–Trinajstić information content (AvgIpc) is 4.08. The Morgan fingerprint density at radius 3 is 2.65 bits per heavy atom. The highest BCUT2D eigenvalue weighted by molar-refractivity contribution is 7.10. The lowest BCUT2D eigenvalue weighted by atomic mass is 9.84. The number of pyridine rings is 1. The smallest absolute Gasteiger partial charge is 0.324 e. The third kappa shape index (κ3) is 10.5. The van der Waals surface area contributed by atoms with Crippen LogP contribution in [0.4, 0.5) is 5.69 Å². The van der Waals surface area contributed by atoms with Crippen LogP contribution in [0.1, 0.15) is 101 Å². The highest BCUT2D eigenvalue weighted by atomic mass is 32.1. The van der Waals surface area contributed by atoms with Crippen molar-refractivity contribution < 1.29 is 33.4 Å². The molecule has 7 fully saturated rings. The molecule has 1 spiro atoms. The number of thiazole rings is 1. The van der Waals surface area contributed by atoms with Crippen molar-refractivity contribution in [1.82, 2.24) is 50.3 Å². The molecule has 1 aliphatic carbocycles. The first-order chi connectivity index (χ1) is 37.3. The van der Waals surface area contributed by atoms with Crippen LogP contribution in [-0.4, -0.2) is 181 Å². The van der Waals surface area contributed by atoms with Gasteiger partial charge in [-0.05, 0) is 95.0 Å². The van der Waals surface area contributed by atoms with Crippen molar-refractivity contribution in [3.8, 4) is 22.5 Å². The first-order valence-corrected chi connectivity index (χ1v) is 29.7. The summed E-state index contributed by atoms with van der Waals surface area (Å²) >= 11 is 1.50. The Labute approximate surface area is 456 Å². The molecule has 12 rings (SSSR count). The van der Waals surface area contributed by atoms with E-state index in [-0.39, 0.29) is 54.2 Å². The van der Waals surface area contributed by atoms with Gasteiger partial charge in [-0.3, -0.25) is 39.0 Å². The second kappa shape index (κ2) is 21.6. The largest absolute Gasteiger partial charge is 0.464 e. The van der Waals surface area contributed by atoms with Crippen LogP contribution in [0, 0.1) is 16.7 Å². The Bertz CT molecular complexity index is 2880. The number of nitrogens with one attached hydrogen (secondary N) is 3. The van der Waals surface area contributed by atoms with Crippen LogP contribution in [0.2, 0.25) is 0 Å². The van der Waals surface area contributed by atoms with Crippen molar-refractivity contribution in [2.45, 2.75) is 135 Å².